The van der Waals surface area contributed by atoms with Gasteiger partial charge in [-0.25, -0.2) is 4.39 Å². The lowest BCUT2D eigenvalue weighted by Gasteiger charge is -2.17. The van der Waals surface area contributed by atoms with E-state index in [0.717, 1.165) is 13.0 Å². The highest BCUT2D eigenvalue weighted by atomic mass is 19.1. The van der Waals surface area contributed by atoms with E-state index in [1.54, 1.807) is 6.07 Å². The number of hydrogen-bond donors (Lipinski definition) is 1. The Labute approximate surface area is 90.1 Å². The third-order valence-electron chi connectivity index (χ3n) is 2.91. The van der Waals surface area contributed by atoms with Gasteiger partial charge in [0.05, 0.1) is 5.69 Å². The van der Waals surface area contributed by atoms with Crippen molar-refractivity contribution in [2.45, 2.75) is 18.9 Å². The molecule has 15 heavy (non-hydrogen) atoms. The van der Waals surface area contributed by atoms with Crippen LogP contribution in [0, 0.1) is 5.82 Å². The predicted octanol–water partition coefficient (Wildman–Crippen LogP) is 2.32. The first kappa shape index (κ1) is 10.4. The van der Waals surface area contributed by atoms with Crippen molar-refractivity contribution in [2.75, 3.05) is 25.5 Å². The fourth-order valence-corrected chi connectivity index (χ4v) is 2.06. The van der Waals surface area contributed by atoms with Gasteiger partial charge in [-0.3, -0.25) is 0 Å². The normalized spacial score (nSPS) is 20.6. The zero-order valence-corrected chi connectivity index (χ0v) is 9.26. The summed E-state index contributed by atoms with van der Waals surface area (Å²) in [5, 5.41) is 3.42. The van der Waals surface area contributed by atoms with Crippen LogP contribution in [0.25, 0.3) is 0 Å². The molecule has 1 atom stereocenters. The average molecular weight is 208 g/mol. The summed E-state index contributed by atoms with van der Waals surface area (Å²) in [4.78, 5) is 1.81. The fourth-order valence-electron chi connectivity index (χ4n) is 2.06. The summed E-state index contributed by atoms with van der Waals surface area (Å²) in [6, 6.07) is 5.79. The molecule has 0 spiro atoms. The molecule has 0 amide bonds. The predicted molar refractivity (Wildman–Crippen MR) is 60.7 cm³/mol. The minimum atomic E-state index is -0.151. The van der Waals surface area contributed by atoms with Crippen LogP contribution < -0.4 is 10.2 Å². The van der Waals surface area contributed by atoms with Gasteiger partial charge < -0.3 is 10.2 Å². The van der Waals surface area contributed by atoms with Crippen LogP contribution in [0.4, 0.5) is 10.1 Å². The standard InChI is InChI=1S/C12H17FN2/c1-15(2)12-8-9(5-6-10(12)13)11-4-3-7-14-11/h5-6,8,11,14H,3-4,7H2,1-2H3. The fraction of sp³-hybridized carbons (Fsp3) is 0.500. The highest BCUT2D eigenvalue weighted by Crippen LogP contribution is 2.27. The molecule has 0 radical (unpaired) electrons. The van der Waals surface area contributed by atoms with E-state index in [4.69, 9.17) is 0 Å². The quantitative estimate of drug-likeness (QED) is 0.802. The lowest BCUT2D eigenvalue weighted by molar-refractivity contribution is 0.616. The van der Waals surface area contributed by atoms with Gasteiger partial charge in [0.25, 0.3) is 0 Å². The molecule has 0 aromatic heterocycles. The third kappa shape index (κ3) is 2.12. The van der Waals surface area contributed by atoms with E-state index in [-0.39, 0.29) is 5.82 Å². The number of rotatable bonds is 2. The molecule has 0 saturated carbocycles. The average Bonchev–Trinajstić information content (AvgIpc) is 2.71. The molecule has 1 fully saturated rings. The molecular formula is C12H17FN2. The summed E-state index contributed by atoms with van der Waals surface area (Å²) in [5.74, 6) is -0.151. The maximum atomic E-state index is 13.4. The first-order chi connectivity index (χ1) is 7.18. The van der Waals surface area contributed by atoms with Crippen molar-refractivity contribution in [2.24, 2.45) is 0 Å². The van der Waals surface area contributed by atoms with Gasteiger partial charge in [-0.05, 0) is 37.1 Å². The first-order valence-electron chi connectivity index (χ1n) is 5.38. The first-order valence-corrected chi connectivity index (χ1v) is 5.38. The molecular weight excluding hydrogens is 191 g/mol. The topological polar surface area (TPSA) is 15.3 Å². The van der Waals surface area contributed by atoms with E-state index in [9.17, 15) is 4.39 Å². The Kier molecular flexibility index (Phi) is 2.91. The van der Waals surface area contributed by atoms with Gasteiger partial charge in [0.2, 0.25) is 0 Å². The molecule has 1 N–H and O–H groups in total. The van der Waals surface area contributed by atoms with Crippen LogP contribution in [-0.2, 0) is 0 Å². The largest absolute Gasteiger partial charge is 0.375 e. The second-order valence-corrected chi connectivity index (χ2v) is 4.25. The van der Waals surface area contributed by atoms with Gasteiger partial charge in [0.15, 0.2) is 0 Å². The number of anilines is 1. The van der Waals surface area contributed by atoms with Crippen LogP contribution in [-0.4, -0.2) is 20.6 Å². The lowest BCUT2D eigenvalue weighted by Crippen LogP contribution is -2.15. The number of halogens is 1. The van der Waals surface area contributed by atoms with E-state index in [1.807, 2.05) is 31.1 Å². The number of nitrogens with zero attached hydrogens (tertiary/aromatic N) is 1. The van der Waals surface area contributed by atoms with E-state index < -0.39 is 0 Å². The number of nitrogens with one attached hydrogen (secondary N) is 1. The van der Waals surface area contributed by atoms with E-state index in [2.05, 4.69) is 5.32 Å². The number of hydrogen-bond acceptors (Lipinski definition) is 2. The molecule has 1 unspecified atom stereocenters. The molecule has 3 heteroatoms. The Morgan fingerprint density at radius 3 is 2.80 bits per heavy atom. The molecule has 1 aliphatic heterocycles. The van der Waals surface area contributed by atoms with Crippen LogP contribution in [0.15, 0.2) is 18.2 Å². The summed E-state index contributed by atoms with van der Waals surface area (Å²) >= 11 is 0. The molecule has 0 bridgehead atoms. The second-order valence-electron chi connectivity index (χ2n) is 4.25. The minimum Gasteiger partial charge on any atom is -0.375 e. The zero-order valence-electron chi connectivity index (χ0n) is 9.26. The zero-order chi connectivity index (χ0) is 10.8. The SMILES string of the molecule is CN(C)c1cc(C2CCCN2)ccc1F. The molecule has 1 heterocycles. The highest BCUT2D eigenvalue weighted by Gasteiger charge is 2.17. The van der Waals surface area contributed by atoms with Crippen molar-refractivity contribution in [1.82, 2.24) is 5.32 Å². The van der Waals surface area contributed by atoms with Crippen molar-refractivity contribution in [3.05, 3.63) is 29.6 Å². The van der Waals surface area contributed by atoms with Gasteiger partial charge >= 0.3 is 0 Å². The van der Waals surface area contributed by atoms with Gasteiger partial charge in [0, 0.05) is 20.1 Å². The molecule has 0 aliphatic carbocycles. The number of benzene rings is 1. The molecule has 1 aromatic carbocycles. The Morgan fingerprint density at radius 2 is 2.20 bits per heavy atom. The van der Waals surface area contributed by atoms with Gasteiger partial charge in [-0.1, -0.05) is 6.07 Å². The summed E-state index contributed by atoms with van der Waals surface area (Å²) in [6.45, 7) is 1.07. The molecule has 2 nitrogen and oxygen atoms in total. The van der Waals surface area contributed by atoms with E-state index in [0.29, 0.717) is 11.7 Å². The van der Waals surface area contributed by atoms with Crippen molar-refractivity contribution in [3.8, 4) is 0 Å². The maximum Gasteiger partial charge on any atom is 0.146 e. The summed E-state index contributed by atoms with van der Waals surface area (Å²) < 4.78 is 13.4. The summed E-state index contributed by atoms with van der Waals surface area (Å²) in [6.07, 6.45) is 2.36. The van der Waals surface area contributed by atoms with Crippen LogP contribution >= 0.6 is 0 Å². The Balaban J connectivity index is 2.29. The summed E-state index contributed by atoms with van der Waals surface area (Å²) in [7, 11) is 3.73. The lowest BCUT2D eigenvalue weighted by atomic mass is 10.0. The van der Waals surface area contributed by atoms with Gasteiger partial charge in [0.1, 0.15) is 5.82 Å². The Morgan fingerprint density at radius 1 is 1.40 bits per heavy atom. The van der Waals surface area contributed by atoms with Crippen LogP contribution in [0.1, 0.15) is 24.4 Å². The van der Waals surface area contributed by atoms with E-state index in [1.165, 1.54) is 12.0 Å². The highest BCUT2D eigenvalue weighted by molar-refractivity contribution is 5.49. The monoisotopic (exact) mass is 208 g/mol. The molecule has 1 saturated heterocycles. The molecule has 2 rings (SSSR count). The molecule has 82 valence electrons. The van der Waals surface area contributed by atoms with Crippen molar-refractivity contribution in [3.63, 3.8) is 0 Å². The van der Waals surface area contributed by atoms with Crippen molar-refractivity contribution < 1.29 is 4.39 Å². The summed E-state index contributed by atoms with van der Waals surface area (Å²) in [5.41, 5.74) is 1.86. The maximum absolute atomic E-state index is 13.4. The van der Waals surface area contributed by atoms with Crippen LogP contribution in [0.5, 0.6) is 0 Å². The smallest absolute Gasteiger partial charge is 0.146 e. The van der Waals surface area contributed by atoms with Gasteiger partial charge in [-0.15, -0.1) is 0 Å². The minimum absolute atomic E-state index is 0.151. The van der Waals surface area contributed by atoms with Crippen molar-refractivity contribution >= 4 is 5.69 Å². The third-order valence-corrected chi connectivity index (χ3v) is 2.91. The van der Waals surface area contributed by atoms with Crippen LogP contribution in [0.3, 0.4) is 0 Å². The molecule has 1 aliphatic rings. The van der Waals surface area contributed by atoms with Crippen molar-refractivity contribution in [1.29, 1.82) is 0 Å². The van der Waals surface area contributed by atoms with E-state index >= 15 is 0 Å². The Bertz CT molecular complexity index is 343. The van der Waals surface area contributed by atoms with Crippen LogP contribution in [0.2, 0.25) is 0 Å². The second kappa shape index (κ2) is 4.19. The van der Waals surface area contributed by atoms with Gasteiger partial charge in [-0.2, -0.15) is 0 Å². The molecule has 1 aromatic rings. The Hall–Kier alpha value is -1.09.